The van der Waals surface area contributed by atoms with Gasteiger partial charge in [0.2, 0.25) is 0 Å². The summed E-state index contributed by atoms with van der Waals surface area (Å²) in [4.78, 5) is 29.6. The molecule has 0 amide bonds. The second-order valence-corrected chi connectivity index (χ2v) is 33.4. The molecule has 27 rings (SSSR count). The quantitative estimate of drug-likeness (QED) is 0.163. The highest BCUT2D eigenvalue weighted by molar-refractivity contribution is 7.26. The van der Waals surface area contributed by atoms with Crippen LogP contribution >= 0.6 is 11.3 Å². The van der Waals surface area contributed by atoms with E-state index in [4.69, 9.17) is 34.3 Å². The summed E-state index contributed by atoms with van der Waals surface area (Å²) in [6.45, 7) is 4.66. The molecule has 10 nitrogen and oxygen atoms in total. The van der Waals surface area contributed by atoms with Crippen molar-refractivity contribution in [3.8, 4) is 61.6 Å². The van der Waals surface area contributed by atoms with Gasteiger partial charge in [0.15, 0.2) is 0 Å². The number of hydrogen-bond acceptors (Lipinski definition) is 8. The lowest BCUT2D eigenvalue weighted by Gasteiger charge is -2.21. The molecule has 1 aliphatic rings. The van der Waals surface area contributed by atoms with Crippen LogP contribution in [0.2, 0.25) is 0 Å². The zero-order valence-corrected chi connectivity index (χ0v) is 67.0. The monoisotopic (exact) mass is 1580 g/mol. The number of aromatic nitrogens is 9. The summed E-state index contributed by atoms with van der Waals surface area (Å²) in [5, 5.41) is 19.6. The van der Waals surface area contributed by atoms with E-state index in [0.717, 1.165) is 105 Å². The van der Waals surface area contributed by atoms with Gasteiger partial charge in [-0.15, -0.1) is 11.3 Å². The molecule has 0 N–H and O–H groups in total. The second-order valence-electron chi connectivity index (χ2n) is 32.3. The molecule has 1 aliphatic carbocycles. The van der Waals surface area contributed by atoms with E-state index in [1.807, 2.05) is 35.9 Å². The normalized spacial score (nSPS) is 12.6. The summed E-state index contributed by atoms with van der Waals surface area (Å²) in [5.74, 6) is 0. The largest absolute Gasteiger partial charge is 0.455 e. The van der Waals surface area contributed by atoms with Gasteiger partial charge in [-0.1, -0.05) is 257 Å². The van der Waals surface area contributed by atoms with Gasteiger partial charge in [0.1, 0.15) is 27.7 Å². The van der Waals surface area contributed by atoms with Crippen LogP contribution in [0, 0.1) is 0 Å². The smallest absolute Gasteiger partial charge is 0.143 e. The maximum Gasteiger partial charge on any atom is 0.143 e. The molecule has 0 aliphatic heterocycles. The van der Waals surface area contributed by atoms with Crippen molar-refractivity contribution in [3.63, 3.8) is 0 Å². The van der Waals surface area contributed by atoms with Gasteiger partial charge in [-0.25, -0.2) is 0 Å². The van der Waals surface area contributed by atoms with E-state index in [1.165, 1.54) is 140 Å². The van der Waals surface area contributed by atoms with Crippen LogP contribution in [0.25, 0.3) is 235 Å². The van der Waals surface area contributed by atoms with Crippen molar-refractivity contribution in [2.75, 3.05) is 0 Å². The molecule has 8 heterocycles. The number of furan rings is 1. The fourth-order valence-electron chi connectivity index (χ4n) is 20.0. The van der Waals surface area contributed by atoms with Crippen LogP contribution in [0.1, 0.15) is 25.0 Å². The van der Waals surface area contributed by atoms with E-state index in [1.54, 1.807) is 24.8 Å². The zero-order valence-electron chi connectivity index (χ0n) is 66.2. The average molecular weight is 1580 g/mol. The number of benzene rings is 18. The fraction of sp³-hybridized carbons (Fsp3) is 0.0270. The molecular weight excluding hydrogens is 1510 g/mol. The molecule has 0 fully saturated rings. The van der Waals surface area contributed by atoms with Crippen LogP contribution in [0.4, 0.5) is 0 Å². The third kappa shape index (κ3) is 10.5. The number of para-hydroxylation sites is 5. The van der Waals surface area contributed by atoms with Gasteiger partial charge in [0.05, 0.1) is 66.7 Å². The van der Waals surface area contributed by atoms with Crippen LogP contribution in [0.15, 0.2) is 387 Å². The Morgan fingerprint density at radius 3 is 1.11 bits per heavy atom. The summed E-state index contributed by atoms with van der Waals surface area (Å²) in [6, 6.07) is 124. The number of nitrogens with zero attached hydrogens (tertiary/aromatic N) is 9. The predicted molar refractivity (Wildman–Crippen MR) is 508 cm³/mol. The van der Waals surface area contributed by atoms with Crippen molar-refractivity contribution in [3.05, 3.63) is 394 Å². The Bertz CT molecular complexity index is 8580. The molecule has 0 atom stereocenters. The summed E-state index contributed by atoms with van der Waals surface area (Å²) in [6.07, 6.45) is 10.8. The Hall–Kier alpha value is -15.8. The Morgan fingerprint density at radius 2 is 0.598 bits per heavy atom. The molecule has 0 unspecified atom stereocenters. The topological polar surface area (TPSA) is 105 Å². The molecule has 26 aromatic rings. The van der Waals surface area contributed by atoms with Crippen LogP contribution in [0.3, 0.4) is 0 Å². The van der Waals surface area contributed by atoms with E-state index >= 15 is 0 Å². The lowest BCUT2D eigenvalue weighted by atomic mass is 9.82. The maximum atomic E-state index is 6.39. The summed E-state index contributed by atoms with van der Waals surface area (Å²) in [5.41, 5.74) is 29.0. The van der Waals surface area contributed by atoms with E-state index in [9.17, 15) is 0 Å². The van der Waals surface area contributed by atoms with Crippen molar-refractivity contribution in [1.82, 2.24) is 43.6 Å². The van der Waals surface area contributed by atoms with Gasteiger partial charge in [-0.05, 0) is 163 Å². The summed E-state index contributed by atoms with van der Waals surface area (Å²) >= 11 is 1.85. The van der Waals surface area contributed by atoms with E-state index < -0.39 is 0 Å². The molecule has 0 radical (unpaired) electrons. The Labute approximate surface area is 702 Å². The number of rotatable bonds is 6. The highest BCUT2D eigenvalue weighted by atomic mass is 32.1. The molecule has 11 heteroatoms. The highest BCUT2D eigenvalue weighted by Crippen LogP contribution is 2.54. The van der Waals surface area contributed by atoms with Crippen LogP contribution in [-0.2, 0) is 5.41 Å². The second kappa shape index (κ2) is 27.1. The standard InChI is InChI=1S/C39H27N3.C36H21N3O.C36H21N3S/c1-39(2)31-15-7-5-13-29(31)36-27(14-9-16-32(36)39)28-18-19-34(38-37(28)40-20-21-41-38)42-33-17-8-6-12-26(33)30-22-24-10-3-4-11-25(24)23-35(30)42;2*1-2-9-23-21-32-29(20-22(23)8-1)24-10-3-5-14-30(24)39(32)31-17-16-26(34-35(31)38-19-18-37-34)28-13-7-12-27-25-11-4-6-15-33(25)40-36(27)28/h3-23H,1-2H3;2*1-21H. The van der Waals surface area contributed by atoms with E-state index in [0.29, 0.717) is 0 Å². The third-order valence-corrected chi connectivity index (χ3v) is 26.7. The van der Waals surface area contributed by atoms with Crippen LogP contribution in [-0.4, -0.2) is 43.6 Å². The van der Waals surface area contributed by atoms with Crippen LogP contribution in [0.5, 0.6) is 0 Å². The van der Waals surface area contributed by atoms with Crippen molar-refractivity contribution in [1.29, 1.82) is 0 Å². The van der Waals surface area contributed by atoms with Crippen molar-refractivity contribution >= 4 is 184 Å². The van der Waals surface area contributed by atoms with Gasteiger partial charge < -0.3 is 18.1 Å². The first-order valence-corrected chi connectivity index (χ1v) is 42.2. The van der Waals surface area contributed by atoms with Gasteiger partial charge in [-0.2, -0.15) is 0 Å². The molecule has 570 valence electrons. The first-order valence-electron chi connectivity index (χ1n) is 41.3. The van der Waals surface area contributed by atoms with Crippen LogP contribution < -0.4 is 0 Å². The first kappa shape index (κ1) is 69.3. The molecule has 122 heavy (non-hydrogen) atoms. The number of fused-ring (bicyclic) bond motifs is 24. The highest BCUT2D eigenvalue weighted by Gasteiger charge is 2.37. The minimum atomic E-state index is -0.0604. The first-order chi connectivity index (χ1) is 60.3. The molecule has 0 bridgehead atoms. The molecular formula is C111H69N9OS. The maximum absolute atomic E-state index is 6.39. The average Bonchev–Trinajstić information content (AvgIpc) is 1.56. The summed E-state index contributed by atoms with van der Waals surface area (Å²) in [7, 11) is 0. The van der Waals surface area contributed by atoms with E-state index in [-0.39, 0.29) is 5.41 Å². The number of thiophene rings is 1. The predicted octanol–water partition coefficient (Wildman–Crippen LogP) is 29.2. The van der Waals surface area contributed by atoms with Gasteiger partial charge in [0, 0.05) is 134 Å². The third-order valence-electron chi connectivity index (χ3n) is 25.4. The lowest BCUT2D eigenvalue weighted by molar-refractivity contribution is 0.660. The minimum Gasteiger partial charge on any atom is -0.455 e. The molecule has 8 aromatic heterocycles. The SMILES string of the molecule is CC1(C)c2ccccc2-c2c(-c3ccc(-n4c5ccccc5c5cc6ccccc6cc54)c4nccnc34)cccc21.c1ccc2cc3c(cc2c1)c1ccccc1n3-c1ccc(-c2cccc3c2oc2ccccc23)c2nccnc12.c1ccc2cc3c(cc2c1)c1ccccc1n3-c1ccc(-c2cccc3c2sc2ccccc23)c2nccnc12. The van der Waals surface area contributed by atoms with E-state index in [2.05, 4.69) is 361 Å². The van der Waals surface area contributed by atoms with Crippen molar-refractivity contribution < 1.29 is 4.42 Å². The van der Waals surface area contributed by atoms with Gasteiger partial charge in [-0.3, -0.25) is 29.9 Å². The fourth-order valence-corrected chi connectivity index (χ4v) is 21.2. The Morgan fingerprint density at radius 1 is 0.246 bits per heavy atom. The van der Waals surface area contributed by atoms with Gasteiger partial charge in [0.25, 0.3) is 0 Å². The molecule has 0 saturated heterocycles. The Kier molecular flexibility index (Phi) is 15.4. The number of hydrogen-bond donors (Lipinski definition) is 0. The van der Waals surface area contributed by atoms with Gasteiger partial charge >= 0.3 is 0 Å². The lowest BCUT2D eigenvalue weighted by Crippen LogP contribution is -2.14. The Balaban J connectivity index is 0.000000101. The molecule has 0 saturated carbocycles. The zero-order chi connectivity index (χ0) is 80.4. The van der Waals surface area contributed by atoms with Crippen molar-refractivity contribution in [2.45, 2.75) is 19.3 Å². The summed E-state index contributed by atoms with van der Waals surface area (Å²) < 4.78 is 16.0. The molecule has 0 spiro atoms. The minimum absolute atomic E-state index is 0.0604. The molecule has 18 aromatic carbocycles. The van der Waals surface area contributed by atoms with Crippen molar-refractivity contribution in [2.24, 2.45) is 0 Å².